The summed E-state index contributed by atoms with van der Waals surface area (Å²) in [5.41, 5.74) is 3.90. The predicted molar refractivity (Wildman–Crippen MR) is 154 cm³/mol. The van der Waals surface area contributed by atoms with Gasteiger partial charge in [0.15, 0.2) is 0 Å². The van der Waals surface area contributed by atoms with Gasteiger partial charge in [-0.2, -0.15) is 0 Å². The second-order valence-electron chi connectivity index (χ2n) is 10.1. The number of hydrogen-bond acceptors (Lipinski definition) is 8. The van der Waals surface area contributed by atoms with Gasteiger partial charge in [0, 0.05) is 38.0 Å². The van der Waals surface area contributed by atoms with Crippen LogP contribution in [-0.2, 0) is 29.6 Å². The smallest absolute Gasteiger partial charge is 0.286 e. The molecule has 206 valence electrons. The highest BCUT2D eigenvalue weighted by molar-refractivity contribution is 8.16. The molecule has 2 aliphatic rings. The Morgan fingerprint density at radius 2 is 1.75 bits per heavy atom. The molecule has 1 N–H and O–H groups in total. The van der Waals surface area contributed by atoms with E-state index >= 15 is 0 Å². The topological polar surface area (TPSA) is 94.9 Å². The molecular weight excluding hydrogens is 528 g/mol. The molecule has 1 aromatic heterocycles. The average molecular weight is 559 g/mol. The highest BCUT2D eigenvalue weighted by Gasteiger charge is 2.43. The molecule has 2 aliphatic heterocycles. The van der Waals surface area contributed by atoms with Crippen molar-refractivity contribution in [1.29, 1.82) is 0 Å². The Kier molecular flexibility index (Phi) is 7.12. The molecule has 2 saturated heterocycles. The van der Waals surface area contributed by atoms with Crippen LogP contribution in [0.4, 0.5) is 10.5 Å². The van der Waals surface area contributed by atoms with Gasteiger partial charge >= 0.3 is 0 Å². The van der Waals surface area contributed by atoms with Crippen LogP contribution >= 0.6 is 11.8 Å². The van der Waals surface area contributed by atoms with E-state index in [9.17, 15) is 9.59 Å². The minimum absolute atomic E-state index is 0.250. The van der Waals surface area contributed by atoms with Crippen molar-refractivity contribution < 1.29 is 23.8 Å². The van der Waals surface area contributed by atoms with Crippen molar-refractivity contribution in [3.63, 3.8) is 0 Å². The molecule has 40 heavy (non-hydrogen) atoms. The van der Waals surface area contributed by atoms with Crippen molar-refractivity contribution >= 4 is 39.6 Å². The van der Waals surface area contributed by atoms with E-state index in [-0.39, 0.29) is 11.1 Å². The molecule has 10 heteroatoms. The zero-order valence-corrected chi connectivity index (χ0v) is 23.2. The van der Waals surface area contributed by atoms with Crippen LogP contribution in [0.25, 0.3) is 11.0 Å². The number of nitrogens with one attached hydrogen (secondary N) is 1. The fourth-order valence-electron chi connectivity index (χ4n) is 4.97. The maximum absolute atomic E-state index is 12.1. The van der Waals surface area contributed by atoms with Crippen LogP contribution in [-0.4, -0.2) is 51.7 Å². The molecule has 9 nitrogen and oxygen atoms in total. The number of amides is 2. The summed E-state index contributed by atoms with van der Waals surface area (Å²) in [6, 6.07) is 21.6. The summed E-state index contributed by atoms with van der Waals surface area (Å²) in [5.74, 6) is 2.76. The number of nitrogens with zero attached hydrogens (tertiary/aromatic N) is 3. The lowest BCUT2D eigenvalue weighted by Gasteiger charge is -2.29. The van der Waals surface area contributed by atoms with E-state index in [1.54, 1.807) is 6.92 Å². The molecule has 6 rings (SSSR count). The maximum atomic E-state index is 12.1. The van der Waals surface area contributed by atoms with Crippen LogP contribution in [0.3, 0.4) is 0 Å². The number of rotatable bonds is 8. The van der Waals surface area contributed by atoms with Gasteiger partial charge in [-0.1, -0.05) is 18.2 Å². The number of thioether (sulfide) groups is 1. The summed E-state index contributed by atoms with van der Waals surface area (Å²) in [7, 11) is 1.96. The first-order valence-electron chi connectivity index (χ1n) is 13.2. The van der Waals surface area contributed by atoms with Gasteiger partial charge in [-0.25, -0.2) is 4.98 Å². The van der Waals surface area contributed by atoms with Crippen molar-refractivity contribution in [2.24, 2.45) is 7.05 Å². The summed E-state index contributed by atoms with van der Waals surface area (Å²) in [6.45, 7) is 5.31. The minimum Gasteiger partial charge on any atom is -0.486 e. The summed E-state index contributed by atoms with van der Waals surface area (Å²) >= 11 is 1.04. The number of ether oxygens (including phenoxy) is 3. The molecule has 0 aliphatic carbocycles. The lowest BCUT2D eigenvalue weighted by Crippen LogP contribution is -2.36. The van der Waals surface area contributed by atoms with E-state index in [0.717, 1.165) is 77.7 Å². The molecule has 0 saturated carbocycles. The monoisotopic (exact) mass is 558 g/mol. The Morgan fingerprint density at radius 1 is 1.00 bits per heavy atom. The van der Waals surface area contributed by atoms with Crippen LogP contribution in [0.15, 0.2) is 66.7 Å². The quantitative estimate of drug-likeness (QED) is 0.321. The van der Waals surface area contributed by atoms with Gasteiger partial charge in [-0.15, -0.1) is 0 Å². The van der Waals surface area contributed by atoms with Crippen molar-refractivity contribution in [2.75, 3.05) is 31.2 Å². The maximum Gasteiger partial charge on any atom is 0.286 e. The van der Waals surface area contributed by atoms with Crippen LogP contribution in [0, 0.1) is 0 Å². The molecule has 4 aromatic rings. The Morgan fingerprint density at radius 3 is 2.50 bits per heavy atom. The van der Waals surface area contributed by atoms with E-state index in [4.69, 9.17) is 19.2 Å². The van der Waals surface area contributed by atoms with Gasteiger partial charge in [-0.3, -0.25) is 14.9 Å². The van der Waals surface area contributed by atoms with Crippen molar-refractivity contribution in [1.82, 2.24) is 14.9 Å². The van der Waals surface area contributed by atoms with Gasteiger partial charge in [0.25, 0.3) is 5.24 Å². The van der Waals surface area contributed by atoms with E-state index in [2.05, 4.69) is 22.3 Å². The molecule has 2 amide bonds. The minimum atomic E-state index is -0.791. The largest absolute Gasteiger partial charge is 0.486 e. The number of aryl methyl sites for hydroxylation is 1. The normalized spacial score (nSPS) is 19.2. The molecule has 0 spiro atoms. The molecule has 0 radical (unpaired) electrons. The van der Waals surface area contributed by atoms with E-state index in [1.165, 1.54) is 0 Å². The molecular formula is C30H30N4O5S. The van der Waals surface area contributed by atoms with Crippen molar-refractivity contribution in [3.8, 4) is 17.2 Å². The van der Waals surface area contributed by atoms with Gasteiger partial charge in [0.05, 0.1) is 24.2 Å². The fraction of sp³-hybridized carbons (Fsp3) is 0.300. The first-order valence-corrected chi connectivity index (χ1v) is 14.0. The Balaban J connectivity index is 1.11. The summed E-state index contributed by atoms with van der Waals surface area (Å²) < 4.78 is 18.9. The Bertz CT molecular complexity index is 1560. The van der Waals surface area contributed by atoms with E-state index in [0.29, 0.717) is 18.8 Å². The molecule has 1 atom stereocenters. The number of carbonyl (C=O) groups is 2. The van der Waals surface area contributed by atoms with E-state index < -0.39 is 4.75 Å². The SMILES string of the molecule is Cn1c(COc2ccc(C[C@]3(C)SC(=O)NC3=O)cc2)nc2ccc(Oc3cccc(N4CCOCC4)c3)cc21. The number of hydrogen-bond donors (Lipinski definition) is 1. The number of fused-ring (bicyclic) bond motifs is 1. The third-order valence-electron chi connectivity index (χ3n) is 7.22. The number of imidazole rings is 1. The number of morpholine rings is 1. The highest BCUT2D eigenvalue weighted by Crippen LogP contribution is 2.35. The lowest BCUT2D eigenvalue weighted by atomic mass is 9.99. The molecule has 3 heterocycles. The van der Waals surface area contributed by atoms with E-state index in [1.807, 2.05) is 66.2 Å². The van der Waals surface area contributed by atoms with Crippen LogP contribution < -0.4 is 19.7 Å². The first kappa shape index (κ1) is 26.2. The van der Waals surface area contributed by atoms with Gasteiger partial charge < -0.3 is 23.7 Å². The third-order valence-corrected chi connectivity index (χ3v) is 8.29. The summed E-state index contributed by atoms with van der Waals surface area (Å²) in [6.07, 6.45) is 0.461. The molecule has 3 aromatic carbocycles. The third kappa shape index (κ3) is 5.50. The van der Waals surface area contributed by atoms with Gasteiger partial charge in [0.1, 0.15) is 34.4 Å². The average Bonchev–Trinajstić information content (AvgIpc) is 3.41. The molecule has 2 fully saturated rings. The standard InChI is InChI=1S/C30H30N4O5S/c1-30(28(35)32-29(36)40-30)18-20-6-8-22(9-7-20)38-19-27-31-25-11-10-24(17-26(25)33(27)2)39-23-5-3-4-21(16-23)34-12-14-37-15-13-34/h3-11,16-17H,12-15,18-19H2,1-2H3,(H,32,35,36)/t30-/m0/s1. The number of aromatic nitrogens is 2. The Hall–Kier alpha value is -4.02. The number of carbonyl (C=O) groups excluding carboxylic acids is 2. The lowest BCUT2D eigenvalue weighted by molar-refractivity contribution is -0.121. The Labute approximate surface area is 236 Å². The van der Waals surface area contributed by atoms with Gasteiger partial charge in [0.2, 0.25) is 5.91 Å². The van der Waals surface area contributed by atoms with Crippen molar-refractivity contribution in [2.45, 2.75) is 24.7 Å². The first-order chi connectivity index (χ1) is 19.4. The second kappa shape index (κ2) is 10.9. The van der Waals surface area contributed by atoms with Crippen LogP contribution in [0.2, 0.25) is 0 Å². The fourth-order valence-corrected chi connectivity index (χ4v) is 5.91. The van der Waals surface area contributed by atoms with Crippen LogP contribution in [0.1, 0.15) is 18.3 Å². The van der Waals surface area contributed by atoms with Gasteiger partial charge in [-0.05, 0) is 67.1 Å². The van der Waals surface area contributed by atoms with Crippen LogP contribution in [0.5, 0.6) is 17.2 Å². The second-order valence-corrected chi connectivity index (χ2v) is 11.6. The summed E-state index contributed by atoms with van der Waals surface area (Å²) in [5, 5.41) is 2.06. The molecule has 0 unspecified atom stereocenters. The number of benzene rings is 3. The molecule has 0 bridgehead atoms. The number of anilines is 1. The predicted octanol–water partition coefficient (Wildman–Crippen LogP) is 5.07. The number of imide groups is 1. The zero-order valence-electron chi connectivity index (χ0n) is 22.4. The highest BCUT2D eigenvalue weighted by atomic mass is 32.2. The zero-order chi connectivity index (χ0) is 27.7. The summed E-state index contributed by atoms with van der Waals surface area (Å²) in [4.78, 5) is 30.8. The van der Waals surface area contributed by atoms with Crippen molar-refractivity contribution in [3.05, 3.63) is 78.1 Å².